The molecule has 67 valence electrons. The van der Waals surface area contributed by atoms with Crippen molar-refractivity contribution in [2.45, 2.75) is 0 Å². The zero-order valence-electron chi connectivity index (χ0n) is 7.10. The van der Waals surface area contributed by atoms with E-state index in [1.165, 1.54) is 0 Å². The van der Waals surface area contributed by atoms with Gasteiger partial charge < -0.3 is 0 Å². The van der Waals surface area contributed by atoms with Crippen molar-refractivity contribution in [3.8, 4) is 10.0 Å². The SMILES string of the molecule is [c]1ccc2nc(-c3nccs3)sc2c1. The molecule has 2 nitrogen and oxygen atoms in total. The van der Waals surface area contributed by atoms with E-state index in [1.807, 2.05) is 23.6 Å². The van der Waals surface area contributed by atoms with E-state index in [0.717, 1.165) is 20.2 Å². The van der Waals surface area contributed by atoms with Crippen molar-refractivity contribution in [3.63, 3.8) is 0 Å². The van der Waals surface area contributed by atoms with Crippen LogP contribution in [0.15, 0.2) is 29.8 Å². The van der Waals surface area contributed by atoms with E-state index < -0.39 is 0 Å². The van der Waals surface area contributed by atoms with Crippen molar-refractivity contribution in [2.75, 3.05) is 0 Å². The number of fused-ring (bicyclic) bond motifs is 1. The topological polar surface area (TPSA) is 25.8 Å². The summed E-state index contributed by atoms with van der Waals surface area (Å²) in [5.74, 6) is 0. The maximum atomic E-state index is 4.50. The number of hydrogen-bond acceptors (Lipinski definition) is 4. The van der Waals surface area contributed by atoms with E-state index in [2.05, 4.69) is 16.0 Å². The third kappa shape index (κ3) is 1.23. The Morgan fingerprint density at radius 1 is 1.29 bits per heavy atom. The monoisotopic (exact) mass is 217 g/mol. The summed E-state index contributed by atoms with van der Waals surface area (Å²) in [7, 11) is 0. The molecular weight excluding hydrogens is 212 g/mol. The van der Waals surface area contributed by atoms with Crippen LogP contribution in [0.4, 0.5) is 0 Å². The minimum Gasteiger partial charge on any atom is -0.242 e. The molecule has 1 radical (unpaired) electrons. The van der Waals surface area contributed by atoms with Crippen LogP contribution in [0.3, 0.4) is 0 Å². The Hall–Kier alpha value is -1.26. The molecule has 0 amide bonds. The maximum Gasteiger partial charge on any atom is 0.153 e. The summed E-state index contributed by atoms with van der Waals surface area (Å²) in [6.07, 6.45) is 1.80. The average molecular weight is 217 g/mol. The third-order valence-electron chi connectivity index (χ3n) is 1.85. The van der Waals surface area contributed by atoms with Gasteiger partial charge in [0.05, 0.1) is 10.2 Å². The summed E-state index contributed by atoms with van der Waals surface area (Å²) < 4.78 is 1.16. The normalized spacial score (nSPS) is 10.9. The molecule has 1 aromatic carbocycles. The first-order valence-electron chi connectivity index (χ1n) is 4.10. The summed E-state index contributed by atoms with van der Waals surface area (Å²) in [6.45, 7) is 0. The van der Waals surface area contributed by atoms with Gasteiger partial charge in [-0.15, -0.1) is 22.7 Å². The van der Waals surface area contributed by atoms with Crippen LogP contribution < -0.4 is 0 Å². The summed E-state index contributed by atoms with van der Waals surface area (Å²) in [4.78, 5) is 8.74. The minimum absolute atomic E-state index is 0.992. The van der Waals surface area contributed by atoms with E-state index in [0.29, 0.717) is 0 Å². The van der Waals surface area contributed by atoms with Crippen LogP contribution in [0, 0.1) is 6.07 Å². The van der Waals surface area contributed by atoms with Gasteiger partial charge >= 0.3 is 0 Å². The Kier molecular flexibility index (Phi) is 1.82. The van der Waals surface area contributed by atoms with Gasteiger partial charge in [-0.2, -0.15) is 0 Å². The second-order valence-electron chi connectivity index (χ2n) is 2.75. The molecule has 0 aliphatic heterocycles. The Labute approximate surface area is 88.9 Å². The zero-order chi connectivity index (χ0) is 9.38. The molecule has 3 rings (SSSR count). The van der Waals surface area contributed by atoms with Crippen LogP contribution in [0.5, 0.6) is 0 Å². The fourth-order valence-electron chi connectivity index (χ4n) is 1.24. The molecule has 2 aromatic heterocycles. The summed E-state index contributed by atoms with van der Waals surface area (Å²) in [6, 6.07) is 8.87. The lowest BCUT2D eigenvalue weighted by Gasteiger charge is -1.82. The highest BCUT2D eigenvalue weighted by Gasteiger charge is 2.06. The maximum absolute atomic E-state index is 4.50. The number of hydrogen-bond donors (Lipinski definition) is 0. The van der Waals surface area contributed by atoms with E-state index in [4.69, 9.17) is 0 Å². The molecule has 4 heteroatoms. The molecular formula is C10H5N2S2. The summed E-state index contributed by atoms with van der Waals surface area (Å²) >= 11 is 3.28. The largest absolute Gasteiger partial charge is 0.242 e. The molecule has 0 spiro atoms. The van der Waals surface area contributed by atoms with E-state index >= 15 is 0 Å². The predicted molar refractivity (Wildman–Crippen MR) is 59.6 cm³/mol. The second-order valence-corrected chi connectivity index (χ2v) is 4.68. The molecule has 0 fully saturated rings. The first-order chi connectivity index (χ1) is 6.93. The van der Waals surface area contributed by atoms with Crippen LogP contribution in [0.25, 0.3) is 20.2 Å². The lowest BCUT2D eigenvalue weighted by molar-refractivity contribution is 1.38. The fourth-order valence-corrected chi connectivity index (χ4v) is 2.86. The average Bonchev–Trinajstić information content (AvgIpc) is 2.86. The molecule has 2 heterocycles. The van der Waals surface area contributed by atoms with Gasteiger partial charge in [0.2, 0.25) is 0 Å². The van der Waals surface area contributed by atoms with Crippen molar-refractivity contribution in [3.05, 3.63) is 35.8 Å². The van der Waals surface area contributed by atoms with Gasteiger partial charge in [0.1, 0.15) is 0 Å². The lowest BCUT2D eigenvalue weighted by atomic mass is 10.3. The zero-order valence-corrected chi connectivity index (χ0v) is 8.73. The van der Waals surface area contributed by atoms with Gasteiger partial charge in [-0.25, -0.2) is 9.97 Å². The number of rotatable bonds is 1. The third-order valence-corrected chi connectivity index (χ3v) is 3.78. The summed E-state index contributed by atoms with van der Waals surface area (Å²) in [5, 5.41) is 3.95. The minimum atomic E-state index is 0.992. The van der Waals surface area contributed by atoms with Gasteiger partial charge in [-0.1, -0.05) is 6.07 Å². The van der Waals surface area contributed by atoms with Gasteiger partial charge in [0.25, 0.3) is 0 Å². The van der Waals surface area contributed by atoms with Crippen molar-refractivity contribution in [2.24, 2.45) is 0 Å². The quantitative estimate of drug-likeness (QED) is 0.625. The van der Waals surface area contributed by atoms with Crippen molar-refractivity contribution in [1.82, 2.24) is 9.97 Å². The molecule has 14 heavy (non-hydrogen) atoms. The molecule has 0 unspecified atom stereocenters. The molecule has 0 bridgehead atoms. The van der Waals surface area contributed by atoms with E-state index in [1.54, 1.807) is 28.9 Å². The lowest BCUT2D eigenvalue weighted by Crippen LogP contribution is -1.71. The standard InChI is InChI=1S/C10H5N2S2/c1-2-4-8-7(3-1)12-10(14-8)9-11-5-6-13-9/h1,3-6H. The van der Waals surface area contributed by atoms with Crippen LogP contribution in [0.2, 0.25) is 0 Å². The van der Waals surface area contributed by atoms with Gasteiger partial charge in [0, 0.05) is 11.6 Å². The Balaban J connectivity index is 2.24. The predicted octanol–water partition coefficient (Wildman–Crippen LogP) is 3.22. The van der Waals surface area contributed by atoms with Crippen LogP contribution >= 0.6 is 22.7 Å². The number of benzene rings is 1. The van der Waals surface area contributed by atoms with Crippen LogP contribution in [0.1, 0.15) is 0 Å². The van der Waals surface area contributed by atoms with Gasteiger partial charge in [-0.05, 0) is 18.2 Å². The van der Waals surface area contributed by atoms with Crippen molar-refractivity contribution in [1.29, 1.82) is 0 Å². The van der Waals surface area contributed by atoms with E-state index in [-0.39, 0.29) is 0 Å². The number of nitrogens with zero attached hydrogens (tertiary/aromatic N) is 2. The van der Waals surface area contributed by atoms with Crippen LogP contribution in [-0.2, 0) is 0 Å². The van der Waals surface area contributed by atoms with Crippen LogP contribution in [-0.4, -0.2) is 9.97 Å². The molecule has 0 aliphatic rings. The van der Waals surface area contributed by atoms with Crippen molar-refractivity contribution >= 4 is 32.9 Å². The summed E-state index contributed by atoms with van der Waals surface area (Å²) in [5.41, 5.74) is 1.03. The molecule has 0 saturated heterocycles. The molecule has 0 N–H and O–H groups in total. The highest BCUT2D eigenvalue weighted by atomic mass is 32.1. The number of thiazole rings is 2. The molecule has 0 saturated carbocycles. The fraction of sp³-hybridized carbons (Fsp3) is 0. The highest BCUT2D eigenvalue weighted by molar-refractivity contribution is 7.24. The number of aromatic nitrogens is 2. The first-order valence-corrected chi connectivity index (χ1v) is 5.79. The molecule has 0 atom stereocenters. The molecule has 0 aliphatic carbocycles. The molecule has 3 aromatic rings. The first kappa shape index (κ1) is 8.08. The Bertz CT molecular complexity index is 521. The van der Waals surface area contributed by atoms with Gasteiger partial charge in [-0.3, -0.25) is 0 Å². The van der Waals surface area contributed by atoms with Gasteiger partial charge in [0.15, 0.2) is 10.0 Å². The Morgan fingerprint density at radius 2 is 2.29 bits per heavy atom. The second kappa shape index (κ2) is 3.15. The highest BCUT2D eigenvalue weighted by Crippen LogP contribution is 2.30. The smallest absolute Gasteiger partial charge is 0.153 e. The Morgan fingerprint density at radius 3 is 3.07 bits per heavy atom. The van der Waals surface area contributed by atoms with Crippen molar-refractivity contribution < 1.29 is 0 Å². The van der Waals surface area contributed by atoms with E-state index in [9.17, 15) is 0 Å².